The summed E-state index contributed by atoms with van der Waals surface area (Å²) < 4.78 is 5.81. The van der Waals surface area contributed by atoms with E-state index in [-0.39, 0.29) is 5.78 Å². The van der Waals surface area contributed by atoms with Crippen LogP contribution in [0.3, 0.4) is 0 Å². The molecule has 98 valence electrons. The van der Waals surface area contributed by atoms with Crippen LogP contribution < -0.4 is 10.5 Å². The fourth-order valence-electron chi connectivity index (χ4n) is 1.66. The average Bonchev–Trinajstić information content (AvgIpc) is 2.41. The topological polar surface area (TPSA) is 52.3 Å². The zero-order chi connectivity index (χ0) is 14.0. The lowest BCUT2D eigenvalue weighted by molar-refractivity contribution is 0.103. The van der Waals surface area contributed by atoms with E-state index >= 15 is 0 Å². The van der Waals surface area contributed by atoms with Gasteiger partial charge in [0.2, 0.25) is 0 Å². The summed E-state index contributed by atoms with van der Waals surface area (Å²) in [7, 11) is 1.53. The molecule has 0 unspecified atom stereocenters. The fraction of sp³-hybridized carbons (Fsp3) is 0.0714. The van der Waals surface area contributed by atoms with Gasteiger partial charge in [-0.3, -0.25) is 4.79 Å². The summed E-state index contributed by atoms with van der Waals surface area (Å²) in [6.45, 7) is 0. The van der Waals surface area contributed by atoms with Crippen molar-refractivity contribution in [2.24, 2.45) is 0 Å². The van der Waals surface area contributed by atoms with Gasteiger partial charge in [-0.25, -0.2) is 0 Å². The largest absolute Gasteiger partial charge is 0.495 e. The second-order valence-corrected chi connectivity index (χ2v) is 5.18. The van der Waals surface area contributed by atoms with Crippen molar-refractivity contribution in [2.75, 3.05) is 12.8 Å². The van der Waals surface area contributed by atoms with Crippen LogP contribution in [0.5, 0.6) is 5.75 Å². The predicted molar refractivity (Wildman–Crippen MR) is 80.0 cm³/mol. The molecule has 2 aromatic carbocycles. The molecule has 2 N–H and O–H groups in total. The molecule has 0 spiro atoms. The van der Waals surface area contributed by atoms with Gasteiger partial charge in [-0.2, -0.15) is 0 Å². The van der Waals surface area contributed by atoms with Crippen molar-refractivity contribution < 1.29 is 9.53 Å². The van der Waals surface area contributed by atoms with Crippen LogP contribution in [-0.2, 0) is 0 Å². The number of nitrogens with two attached hydrogens (primary N) is 1. The molecule has 0 saturated heterocycles. The van der Waals surface area contributed by atoms with Crippen LogP contribution in [0.25, 0.3) is 0 Å². The second-order valence-electron chi connectivity index (χ2n) is 3.91. The molecule has 0 fully saturated rings. The van der Waals surface area contributed by atoms with Gasteiger partial charge in [0.05, 0.1) is 12.1 Å². The van der Waals surface area contributed by atoms with Gasteiger partial charge in [-0.15, -0.1) is 0 Å². The number of hydrogen-bond donors (Lipinski definition) is 1. The molecule has 0 aliphatic carbocycles. The number of ether oxygens (including phenoxy) is 1. The van der Waals surface area contributed by atoms with Gasteiger partial charge in [0.1, 0.15) is 5.75 Å². The normalized spacial score (nSPS) is 10.3. The first-order valence-corrected chi connectivity index (χ1v) is 6.63. The number of carbonyl (C=O) groups excluding carboxylic acids is 1. The number of benzene rings is 2. The van der Waals surface area contributed by atoms with E-state index in [2.05, 4.69) is 15.9 Å². The van der Waals surface area contributed by atoms with Gasteiger partial charge in [0, 0.05) is 21.3 Å². The lowest BCUT2D eigenvalue weighted by atomic mass is 10.0. The average molecular weight is 341 g/mol. The van der Waals surface area contributed by atoms with Gasteiger partial charge in [0.15, 0.2) is 5.78 Å². The number of anilines is 1. The third-order valence-corrected chi connectivity index (χ3v) is 3.69. The number of rotatable bonds is 3. The zero-order valence-electron chi connectivity index (χ0n) is 10.1. The van der Waals surface area contributed by atoms with E-state index < -0.39 is 0 Å². The fourth-order valence-corrected chi connectivity index (χ4v) is 2.16. The van der Waals surface area contributed by atoms with Crippen molar-refractivity contribution in [3.63, 3.8) is 0 Å². The van der Waals surface area contributed by atoms with Gasteiger partial charge >= 0.3 is 0 Å². The Kier molecular flexibility index (Phi) is 4.12. The van der Waals surface area contributed by atoms with Crippen LogP contribution >= 0.6 is 27.5 Å². The molecule has 0 aliphatic rings. The number of methoxy groups -OCH3 is 1. The van der Waals surface area contributed by atoms with Gasteiger partial charge in [0.25, 0.3) is 0 Å². The van der Waals surface area contributed by atoms with E-state index in [1.807, 2.05) is 0 Å². The SMILES string of the molecule is COc1ccc(C(=O)c2ccc(Br)c(N)c2)cc1Cl. The highest BCUT2D eigenvalue weighted by Gasteiger charge is 2.12. The lowest BCUT2D eigenvalue weighted by Gasteiger charge is -2.07. The molecule has 0 atom stereocenters. The monoisotopic (exact) mass is 339 g/mol. The van der Waals surface area contributed by atoms with E-state index in [1.165, 1.54) is 7.11 Å². The van der Waals surface area contributed by atoms with Crippen LogP contribution in [0.2, 0.25) is 5.02 Å². The van der Waals surface area contributed by atoms with Crippen molar-refractivity contribution in [3.8, 4) is 5.75 Å². The summed E-state index contributed by atoms with van der Waals surface area (Å²) in [5.74, 6) is 0.400. The molecule has 0 aromatic heterocycles. The number of hydrogen-bond acceptors (Lipinski definition) is 3. The summed E-state index contributed by atoms with van der Waals surface area (Å²) >= 11 is 9.30. The van der Waals surface area contributed by atoms with Crippen molar-refractivity contribution in [1.82, 2.24) is 0 Å². The van der Waals surface area contributed by atoms with Crippen molar-refractivity contribution in [3.05, 3.63) is 57.0 Å². The predicted octanol–water partition coefficient (Wildman–Crippen LogP) is 3.92. The smallest absolute Gasteiger partial charge is 0.193 e. The first kappa shape index (κ1) is 13.9. The minimum atomic E-state index is -0.135. The first-order chi connectivity index (χ1) is 9.02. The molecule has 2 aromatic rings. The number of nitrogen functional groups attached to an aromatic ring is 1. The maximum atomic E-state index is 12.3. The Morgan fingerprint density at radius 1 is 1.21 bits per heavy atom. The van der Waals surface area contributed by atoms with Crippen LogP contribution in [0.1, 0.15) is 15.9 Å². The third-order valence-electron chi connectivity index (χ3n) is 2.67. The molecule has 19 heavy (non-hydrogen) atoms. The molecular formula is C14H11BrClNO2. The number of ketones is 1. The molecule has 0 aliphatic heterocycles. The Morgan fingerprint density at radius 2 is 1.84 bits per heavy atom. The second kappa shape index (κ2) is 5.63. The summed E-state index contributed by atoms with van der Waals surface area (Å²) in [6.07, 6.45) is 0. The number of halogens is 2. The van der Waals surface area contributed by atoms with Gasteiger partial charge in [-0.05, 0) is 52.3 Å². The van der Waals surface area contributed by atoms with Gasteiger partial charge in [-0.1, -0.05) is 11.6 Å². The molecule has 2 rings (SSSR count). The van der Waals surface area contributed by atoms with E-state index in [0.29, 0.717) is 27.6 Å². The summed E-state index contributed by atoms with van der Waals surface area (Å²) in [5.41, 5.74) is 7.29. The molecule has 0 bridgehead atoms. The molecule has 0 heterocycles. The Balaban J connectivity index is 2.38. The standard InChI is InChI=1S/C14H11BrClNO2/c1-19-13-5-3-8(6-11(13)16)14(18)9-2-4-10(15)12(17)7-9/h2-7H,17H2,1H3. The summed E-state index contributed by atoms with van der Waals surface area (Å²) in [6, 6.07) is 10.0. The molecule has 0 saturated carbocycles. The molecule has 3 nitrogen and oxygen atoms in total. The quantitative estimate of drug-likeness (QED) is 0.680. The van der Waals surface area contributed by atoms with E-state index in [9.17, 15) is 4.79 Å². The van der Waals surface area contributed by atoms with E-state index in [0.717, 1.165) is 4.47 Å². The van der Waals surface area contributed by atoms with Crippen LogP contribution in [0.15, 0.2) is 40.9 Å². The molecule has 0 amide bonds. The van der Waals surface area contributed by atoms with Gasteiger partial charge < -0.3 is 10.5 Å². The maximum absolute atomic E-state index is 12.3. The van der Waals surface area contributed by atoms with E-state index in [1.54, 1.807) is 36.4 Å². The molecular weight excluding hydrogens is 330 g/mol. The lowest BCUT2D eigenvalue weighted by Crippen LogP contribution is -2.02. The van der Waals surface area contributed by atoms with Crippen LogP contribution in [-0.4, -0.2) is 12.9 Å². The summed E-state index contributed by atoms with van der Waals surface area (Å²) in [5, 5.41) is 0.401. The minimum absolute atomic E-state index is 0.135. The highest BCUT2D eigenvalue weighted by Crippen LogP contribution is 2.27. The van der Waals surface area contributed by atoms with E-state index in [4.69, 9.17) is 22.1 Å². The van der Waals surface area contributed by atoms with Crippen molar-refractivity contribution in [1.29, 1.82) is 0 Å². The zero-order valence-corrected chi connectivity index (χ0v) is 12.5. The minimum Gasteiger partial charge on any atom is -0.495 e. The Bertz CT molecular complexity index is 643. The van der Waals surface area contributed by atoms with Crippen LogP contribution in [0.4, 0.5) is 5.69 Å². The number of carbonyl (C=O) groups is 1. The third kappa shape index (κ3) is 2.91. The van der Waals surface area contributed by atoms with Crippen molar-refractivity contribution in [2.45, 2.75) is 0 Å². The van der Waals surface area contributed by atoms with Crippen LogP contribution in [0, 0.1) is 0 Å². The highest BCUT2D eigenvalue weighted by atomic mass is 79.9. The summed E-state index contributed by atoms with van der Waals surface area (Å²) in [4.78, 5) is 12.3. The Morgan fingerprint density at radius 3 is 2.42 bits per heavy atom. The Labute approximate surface area is 124 Å². The Hall–Kier alpha value is -1.52. The first-order valence-electron chi connectivity index (χ1n) is 5.46. The van der Waals surface area contributed by atoms with Crippen molar-refractivity contribution >= 4 is 39.0 Å². The maximum Gasteiger partial charge on any atom is 0.193 e. The molecule has 0 radical (unpaired) electrons. The highest BCUT2D eigenvalue weighted by molar-refractivity contribution is 9.10. The molecule has 5 heteroatoms.